The average Bonchev–Trinajstić information content (AvgIpc) is 2.72. The van der Waals surface area contributed by atoms with Gasteiger partial charge >= 0.3 is 5.97 Å². The minimum Gasteiger partial charge on any atom is -0.478 e. The number of nitro benzene ring substituents is 1. The number of aromatic carboxylic acids is 1. The van der Waals surface area contributed by atoms with Crippen molar-refractivity contribution in [2.75, 3.05) is 5.32 Å². The molecule has 10 nitrogen and oxygen atoms in total. The van der Waals surface area contributed by atoms with Crippen molar-refractivity contribution >= 4 is 29.7 Å². The van der Waals surface area contributed by atoms with Gasteiger partial charge < -0.3 is 16.2 Å². The van der Waals surface area contributed by atoms with Gasteiger partial charge in [0.2, 0.25) is 12.3 Å². The fourth-order valence-electron chi connectivity index (χ4n) is 2.21. The van der Waals surface area contributed by atoms with Crippen LogP contribution >= 0.6 is 0 Å². The third kappa shape index (κ3) is 10.5. The van der Waals surface area contributed by atoms with Crippen LogP contribution in [0.1, 0.15) is 49.0 Å². The van der Waals surface area contributed by atoms with E-state index in [2.05, 4.69) is 31.8 Å². The molecule has 32 heavy (non-hydrogen) atoms. The number of anilines is 1. The Morgan fingerprint density at radius 2 is 1.62 bits per heavy atom. The Balaban J connectivity index is 0.00000121. The van der Waals surface area contributed by atoms with E-state index in [0.29, 0.717) is 11.3 Å². The molecule has 10 heteroatoms. The fourth-order valence-corrected chi connectivity index (χ4v) is 2.21. The molecule has 2 aromatic rings. The zero-order valence-electron chi connectivity index (χ0n) is 18.0. The zero-order chi connectivity index (χ0) is 24.7. The van der Waals surface area contributed by atoms with Crippen molar-refractivity contribution < 1.29 is 24.4 Å². The molecule has 0 aromatic heterocycles. The number of carbonyl (C=O) groups is 3. The first kappa shape index (κ1) is 27.7. The summed E-state index contributed by atoms with van der Waals surface area (Å²) >= 11 is 0. The van der Waals surface area contributed by atoms with Gasteiger partial charge in [0.1, 0.15) is 0 Å². The van der Waals surface area contributed by atoms with E-state index >= 15 is 0 Å². The average molecular weight is 442 g/mol. The highest BCUT2D eigenvalue weighted by molar-refractivity contribution is 5.96. The van der Waals surface area contributed by atoms with E-state index in [1.165, 1.54) is 48.5 Å². The van der Waals surface area contributed by atoms with E-state index in [-0.39, 0.29) is 24.1 Å². The van der Waals surface area contributed by atoms with Crippen LogP contribution in [0.5, 0.6) is 0 Å². The number of nitrogens with one attached hydrogen (secondary N) is 1. The van der Waals surface area contributed by atoms with Gasteiger partial charge in [-0.2, -0.15) is 5.26 Å². The van der Waals surface area contributed by atoms with Gasteiger partial charge in [0.15, 0.2) is 0 Å². The molecule has 0 fully saturated rings. The van der Waals surface area contributed by atoms with Gasteiger partial charge in [0.25, 0.3) is 5.69 Å². The summed E-state index contributed by atoms with van der Waals surface area (Å²) in [5.41, 5.74) is 5.01. The molecule has 1 atom stereocenters. The van der Waals surface area contributed by atoms with E-state index in [0.717, 1.165) is 5.92 Å². The van der Waals surface area contributed by atoms with Crippen LogP contribution in [0, 0.1) is 27.4 Å². The van der Waals surface area contributed by atoms with Crippen LogP contribution in [0.3, 0.4) is 0 Å². The van der Waals surface area contributed by atoms with Crippen LogP contribution < -0.4 is 11.1 Å². The lowest BCUT2D eigenvalue weighted by molar-refractivity contribution is -0.384. The molecule has 0 aliphatic carbocycles. The number of benzene rings is 2. The van der Waals surface area contributed by atoms with Crippen molar-refractivity contribution in [3.8, 4) is 6.07 Å². The molecule has 1 unspecified atom stereocenters. The van der Waals surface area contributed by atoms with Crippen molar-refractivity contribution in [1.29, 1.82) is 5.26 Å². The summed E-state index contributed by atoms with van der Waals surface area (Å²) in [6, 6.07) is 12.9. The Morgan fingerprint density at radius 1 is 1.16 bits per heavy atom. The summed E-state index contributed by atoms with van der Waals surface area (Å²) in [6.45, 7) is 6.50. The second kappa shape index (κ2) is 14.7. The third-order valence-corrected chi connectivity index (χ3v) is 3.52. The molecule has 0 bridgehead atoms. The molecule has 0 aliphatic rings. The first-order chi connectivity index (χ1) is 15.1. The molecule has 0 spiro atoms. The predicted octanol–water partition coefficient (Wildman–Crippen LogP) is 3.69. The zero-order valence-corrected chi connectivity index (χ0v) is 18.0. The van der Waals surface area contributed by atoms with E-state index in [4.69, 9.17) is 15.2 Å². The van der Waals surface area contributed by atoms with Crippen LogP contribution in [0.4, 0.5) is 11.4 Å². The van der Waals surface area contributed by atoms with Gasteiger partial charge in [0.05, 0.1) is 28.9 Å². The Kier molecular flexibility index (Phi) is 12.7. The molecule has 0 saturated carbocycles. The van der Waals surface area contributed by atoms with E-state index in [9.17, 15) is 19.7 Å². The normalized spacial score (nSPS) is 10.2. The summed E-state index contributed by atoms with van der Waals surface area (Å²) < 4.78 is 0. The molecule has 0 radical (unpaired) electrons. The van der Waals surface area contributed by atoms with Gasteiger partial charge in [0, 0.05) is 17.8 Å². The number of non-ortho nitro benzene ring substituents is 1. The number of rotatable bonds is 6. The van der Waals surface area contributed by atoms with Crippen LogP contribution in [0.2, 0.25) is 0 Å². The van der Waals surface area contributed by atoms with Crippen LogP contribution in [-0.4, -0.2) is 28.3 Å². The maximum Gasteiger partial charge on any atom is 0.335 e. The highest BCUT2D eigenvalue weighted by Crippen LogP contribution is 2.24. The second-order valence-corrected chi connectivity index (χ2v) is 7.00. The number of hydrogen-bond acceptors (Lipinski definition) is 6. The van der Waals surface area contributed by atoms with Crippen molar-refractivity contribution in [3.63, 3.8) is 0 Å². The molecule has 0 aliphatic heterocycles. The Bertz CT molecular complexity index is 932. The lowest BCUT2D eigenvalue weighted by atomic mass is 9.95. The summed E-state index contributed by atoms with van der Waals surface area (Å²) in [5.74, 6) is -1.51. The van der Waals surface area contributed by atoms with Crippen molar-refractivity contribution in [1.82, 2.24) is 0 Å². The lowest BCUT2D eigenvalue weighted by Gasteiger charge is -2.14. The molecular formula is C22H26N4O6. The number of primary amides is 1. The number of nitriles is 1. The van der Waals surface area contributed by atoms with E-state index < -0.39 is 22.7 Å². The largest absolute Gasteiger partial charge is 0.478 e. The number of carboxylic acid groups (broad SMARTS) is 1. The summed E-state index contributed by atoms with van der Waals surface area (Å²) in [5, 5.41) is 31.1. The number of amides is 2. The molecular weight excluding hydrogens is 416 g/mol. The number of nitrogens with zero attached hydrogens (tertiary/aromatic N) is 2. The van der Waals surface area contributed by atoms with Crippen molar-refractivity contribution in [2.24, 2.45) is 11.7 Å². The van der Waals surface area contributed by atoms with Gasteiger partial charge in [-0.1, -0.05) is 32.9 Å². The minimum absolute atomic E-state index is 0.0851. The molecule has 170 valence electrons. The summed E-state index contributed by atoms with van der Waals surface area (Å²) in [7, 11) is 0. The molecule has 2 aromatic carbocycles. The minimum atomic E-state index is -1.08. The fraction of sp³-hybridized carbons (Fsp3) is 0.273. The predicted molar refractivity (Wildman–Crippen MR) is 119 cm³/mol. The van der Waals surface area contributed by atoms with Crippen LogP contribution in [-0.2, 0) is 9.59 Å². The Labute approximate surface area is 185 Å². The second-order valence-electron chi connectivity index (χ2n) is 7.00. The number of hydrogen-bond donors (Lipinski definition) is 3. The van der Waals surface area contributed by atoms with E-state index in [1.54, 1.807) is 0 Å². The Hall–Kier alpha value is -4.26. The highest BCUT2D eigenvalue weighted by Gasteiger charge is 2.21. The number of carbonyl (C=O) groups excluding carboxylic acids is 2. The maximum absolute atomic E-state index is 12.4. The summed E-state index contributed by atoms with van der Waals surface area (Å²) in [4.78, 5) is 42.0. The molecule has 2 amide bonds. The first-order valence-corrected chi connectivity index (χ1v) is 9.48. The van der Waals surface area contributed by atoms with Gasteiger partial charge in [-0.25, -0.2) is 4.79 Å². The van der Waals surface area contributed by atoms with Crippen LogP contribution in [0.15, 0.2) is 48.5 Å². The number of nitrogens with two attached hydrogens (primary N) is 1. The van der Waals surface area contributed by atoms with E-state index in [1.807, 2.05) is 6.07 Å². The first-order valence-electron chi connectivity index (χ1n) is 9.48. The van der Waals surface area contributed by atoms with Gasteiger partial charge in [-0.05, 0) is 35.7 Å². The smallest absolute Gasteiger partial charge is 0.335 e. The highest BCUT2D eigenvalue weighted by atomic mass is 16.6. The molecule has 4 N–H and O–H groups in total. The monoisotopic (exact) mass is 442 g/mol. The molecule has 0 heterocycles. The third-order valence-electron chi connectivity index (χ3n) is 3.52. The van der Waals surface area contributed by atoms with Crippen LogP contribution in [0.25, 0.3) is 0 Å². The Morgan fingerprint density at radius 3 is 2.00 bits per heavy atom. The maximum atomic E-state index is 12.4. The quantitative estimate of drug-likeness (QED) is 0.347. The van der Waals surface area contributed by atoms with Gasteiger partial charge in [-0.15, -0.1) is 0 Å². The topological polar surface area (TPSA) is 176 Å². The SMILES string of the molecule is CC(C)C.N#CCC(C(=O)Nc1ccc(C(=O)O)cc1)c1ccc([N+](=O)[O-])cc1.NC=O. The standard InChI is InChI=1S/C17H13N3O5.C4H10.CH3NO/c18-10-9-15(11-3-7-14(8-4-11)20(24)25)16(21)19-13-5-1-12(2-6-13)17(22)23;1-4(2)3;2-1-3/h1-8,15H,9H2,(H,19,21)(H,22,23);4H,1-3H3;1H,(H2,2,3). The van der Waals surface area contributed by atoms with Crippen molar-refractivity contribution in [2.45, 2.75) is 33.1 Å². The van der Waals surface area contributed by atoms with Crippen molar-refractivity contribution in [3.05, 3.63) is 69.8 Å². The van der Waals surface area contributed by atoms with Gasteiger partial charge in [-0.3, -0.25) is 19.7 Å². The summed E-state index contributed by atoms with van der Waals surface area (Å²) in [6.07, 6.45) is 0.150. The number of nitro groups is 1. The lowest BCUT2D eigenvalue weighted by Crippen LogP contribution is -2.21. The number of carboxylic acids is 1. The molecule has 0 saturated heterocycles. The molecule has 2 rings (SSSR count).